The summed E-state index contributed by atoms with van der Waals surface area (Å²) in [7, 11) is 1.36. The van der Waals surface area contributed by atoms with Crippen LogP contribution in [0, 0.1) is 0 Å². The van der Waals surface area contributed by atoms with E-state index in [1.807, 2.05) is 6.07 Å². The zero-order valence-electron chi connectivity index (χ0n) is 9.51. The van der Waals surface area contributed by atoms with Gasteiger partial charge in [0.1, 0.15) is 5.75 Å². The van der Waals surface area contributed by atoms with Crippen LogP contribution in [0.25, 0.3) is 10.8 Å². The van der Waals surface area contributed by atoms with Crippen molar-refractivity contribution in [3.05, 3.63) is 36.2 Å². The van der Waals surface area contributed by atoms with Crippen LogP contribution in [0.1, 0.15) is 12.0 Å². The lowest BCUT2D eigenvalue weighted by molar-refractivity contribution is -0.140. The molecule has 0 aliphatic carbocycles. The molecular formula is C13H13NO3. The highest BCUT2D eigenvalue weighted by atomic mass is 16.5. The van der Waals surface area contributed by atoms with Gasteiger partial charge in [-0.2, -0.15) is 0 Å². The average molecular weight is 231 g/mol. The van der Waals surface area contributed by atoms with Gasteiger partial charge in [-0.05, 0) is 30.0 Å². The maximum absolute atomic E-state index is 11.1. The van der Waals surface area contributed by atoms with E-state index < -0.39 is 0 Å². The molecule has 17 heavy (non-hydrogen) atoms. The molecule has 1 heterocycles. The van der Waals surface area contributed by atoms with Crippen LogP contribution in [0.2, 0.25) is 0 Å². The second kappa shape index (κ2) is 4.82. The van der Waals surface area contributed by atoms with Crippen molar-refractivity contribution in [1.82, 2.24) is 4.98 Å². The lowest BCUT2D eigenvalue weighted by Crippen LogP contribution is -2.02. The number of fused-ring (bicyclic) bond motifs is 1. The van der Waals surface area contributed by atoms with Crippen LogP contribution < -0.4 is 0 Å². The molecule has 2 rings (SSSR count). The van der Waals surface area contributed by atoms with Gasteiger partial charge in [0.2, 0.25) is 0 Å². The molecule has 4 nitrogen and oxygen atoms in total. The molecule has 0 amide bonds. The highest BCUT2D eigenvalue weighted by Crippen LogP contribution is 2.27. The van der Waals surface area contributed by atoms with Crippen LogP contribution in [0.4, 0.5) is 0 Å². The van der Waals surface area contributed by atoms with Crippen molar-refractivity contribution in [3.8, 4) is 5.75 Å². The van der Waals surface area contributed by atoms with Gasteiger partial charge in [-0.15, -0.1) is 0 Å². The largest absolute Gasteiger partial charge is 0.508 e. The van der Waals surface area contributed by atoms with Crippen molar-refractivity contribution in [3.63, 3.8) is 0 Å². The molecule has 1 aromatic carbocycles. The average Bonchev–Trinajstić information content (AvgIpc) is 2.37. The van der Waals surface area contributed by atoms with Gasteiger partial charge in [-0.1, -0.05) is 0 Å². The lowest BCUT2D eigenvalue weighted by Gasteiger charge is -2.08. The van der Waals surface area contributed by atoms with Crippen LogP contribution >= 0.6 is 0 Å². The Labute approximate surface area is 98.9 Å². The minimum atomic E-state index is -0.282. The van der Waals surface area contributed by atoms with Crippen molar-refractivity contribution < 1.29 is 14.6 Å². The fourth-order valence-electron chi connectivity index (χ4n) is 1.81. The van der Waals surface area contributed by atoms with E-state index in [2.05, 4.69) is 9.72 Å². The normalized spacial score (nSPS) is 10.4. The number of carbonyl (C=O) groups is 1. The Kier molecular flexibility index (Phi) is 3.23. The fraction of sp³-hybridized carbons (Fsp3) is 0.231. The molecule has 0 bridgehead atoms. The minimum absolute atomic E-state index is 0.201. The number of nitrogens with zero attached hydrogens (tertiary/aromatic N) is 1. The second-order valence-corrected chi connectivity index (χ2v) is 3.74. The maximum atomic E-state index is 11.1. The van der Waals surface area contributed by atoms with Crippen LogP contribution in [-0.4, -0.2) is 23.2 Å². The monoisotopic (exact) mass is 231 g/mol. The Balaban J connectivity index is 2.37. The van der Waals surface area contributed by atoms with Crippen molar-refractivity contribution in [2.45, 2.75) is 12.8 Å². The number of aryl methyl sites for hydroxylation is 1. The van der Waals surface area contributed by atoms with E-state index in [4.69, 9.17) is 0 Å². The Morgan fingerprint density at radius 3 is 3.00 bits per heavy atom. The van der Waals surface area contributed by atoms with Crippen molar-refractivity contribution in [1.29, 1.82) is 0 Å². The molecule has 0 saturated heterocycles. The third kappa shape index (κ3) is 2.36. The van der Waals surface area contributed by atoms with E-state index in [1.165, 1.54) is 7.11 Å². The minimum Gasteiger partial charge on any atom is -0.508 e. The van der Waals surface area contributed by atoms with Crippen molar-refractivity contribution >= 4 is 16.7 Å². The lowest BCUT2D eigenvalue weighted by atomic mass is 10.0. The number of pyridine rings is 1. The summed E-state index contributed by atoms with van der Waals surface area (Å²) < 4.78 is 4.59. The summed E-state index contributed by atoms with van der Waals surface area (Å²) in [4.78, 5) is 15.1. The quantitative estimate of drug-likeness (QED) is 0.821. The van der Waals surface area contributed by atoms with E-state index in [1.54, 1.807) is 24.5 Å². The van der Waals surface area contributed by atoms with Crippen LogP contribution in [0.5, 0.6) is 5.75 Å². The van der Waals surface area contributed by atoms with E-state index in [-0.39, 0.29) is 18.1 Å². The second-order valence-electron chi connectivity index (χ2n) is 3.74. The summed E-state index contributed by atoms with van der Waals surface area (Å²) in [5, 5.41) is 11.7. The highest BCUT2D eigenvalue weighted by molar-refractivity contribution is 5.87. The molecule has 0 aliphatic heterocycles. The first-order valence-electron chi connectivity index (χ1n) is 5.33. The molecule has 0 saturated carbocycles. The number of aromatic hydroxyl groups is 1. The number of phenols is 1. The van der Waals surface area contributed by atoms with Crippen molar-refractivity contribution in [2.24, 2.45) is 0 Å². The van der Waals surface area contributed by atoms with Gasteiger partial charge in [-0.3, -0.25) is 9.78 Å². The van der Waals surface area contributed by atoms with E-state index in [0.717, 1.165) is 16.3 Å². The Bertz CT molecular complexity index is 551. The molecule has 0 fully saturated rings. The first kappa shape index (κ1) is 11.4. The number of ether oxygens (including phenoxy) is 1. The number of carbonyl (C=O) groups excluding carboxylic acids is 1. The van der Waals surface area contributed by atoms with Gasteiger partial charge in [0.05, 0.1) is 7.11 Å². The number of methoxy groups -OCH3 is 1. The predicted molar refractivity (Wildman–Crippen MR) is 63.7 cm³/mol. The SMILES string of the molecule is COC(=O)CCc1c(O)ccc2cnccc12. The third-order valence-corrected chi connectivity index (χ3v) is 2.71. The van der Waals surface area contributed by atoms with Crippen LogP contribution in [0.3, 0.4) is 0 Å². The van der Waals surface area contributed by atoms with Gasteiger partial charge in [0.25, 0.3) is 0 Å². The molecule has 0 radical (unpaired) electrons. The van der Waals surface area contributed by atoms with Gasteiger partial charge in [0.15, 0.2) is 0 Å². The summed E-state index contributed by atoms with van der Waals surface area (Å²) in [5.74, 6) is -0.0805. The molecule has 88 valence electrons. The standard InChI is InChI=1S/C13H13NO3/c1-17-13(16)5-3-11-10-6-7-14-8-9(10)2-4-12(11)15/h2,4,6-8,15H,3,5H2,1H3. The van der Waals surface area contributed by atoms with E-state index in [0.29, 0.717) is 6.42 Å². The Hall–Kier alpha value is -2.10. The molecular weight excluding hydrogens is 218 g/mol. The number of hydrogen-bond acceptors (Lipinski definition) is 4. The Morgan fingerprint density at radius 1 is 1.41 bits per heavy atom. The number of esters is 1. The number of rotatable bonds is 3. The first-order chi connectivity index (χ1) is 8.22. The zero-order chi connectivity index (χ0) is 12.3. The number of phenolic OH excluding ortho intramolecular Hbond substituents is 1. The summed E-state index contributed by atoms with van der Waals surface area (Å²) >= 11 is 0. The zero-order valence-corrected chi connectivity index (χ0v) is 9.51. The summed E-state index contributed by atoms with van der Waals surface area (Å²) in [6.07, 6.45) is 4.12. The van der Waals surface area contributed by atoms with Gasteiger partial charge < -0.3 is 9.84 Å². The third-order valence-electron chi connectivity index (χ3n) is 2.71. The Morgan fingerprint density at radius 2 is 2.24 bits per heavy atom. The molecule has 0 atom stereocenters. The molecule has 1 aromatic heterocycles. The highest BCUT2D eigenvalue weighted by Gasteiger charge is 2.09. The number of hydrogen-bond donors (Lipinski definition) is 1. The summed E-state index contributed by atoms with van der Waals surface area (Å²) in [5.41, 5.74) is 0.760. The number of aromatic nitrogens is 1. The summed E-state index contributed by atoms with van der Waals surface area (Å²) in [6.45, 7) is 0. The van der Waals surface area contributed by atoms with Crippen LogP contribution in [-0.2, 0) is 16.0 Å². The molecule has 0 unspecified atom stereocenters. The van der Waals surface area contributed by atoms with Crippen LogP contribution in [0.15, 0.2) is 30.6 Å². The molecule has 2 aromatic rings. The first-order valence-corrected chi connectivity index (χ1v) is 5.33. The predicted octanol–water partition coefficient (Wildman–Crippen LogP) is 2.05. The van der Waals surface area contributed by atoms with Gasteiger partial charge in [0, 0.05) is 29.8 Å². The maximum Gasteiger partial charge on any atom is 0.305 e. The number of benzene rings is 1. The fourth-order valence-corrected chi connectivity index (χ4v) is 1.81. The molecule has 0 spiro atoms. The van der Waals surface area contributed by atoms with E-state index >= 15 is 0 Å². The van der Waals surface area contributed by atoms with Gasteiger partial charge in [-0.25, -0.2) is 0 Å². The molecule has 0 aliphatic rings. The summed E-state index contributed by atoms with van der Waals surface area (Å²) in [6, 6.07) is 5.26. The smallest absolute Gasteiger partial charge is 0.305 e. The van der Waals surface area contributed by atoms with E-state index in [9.17, 15) is 9.90 Å². The molecule has 4 heteroatoms. The topological polar surface area (TPSA) is 59.4 Å². The van der Waals surface area contributed by atoms with Crippen molar-refractivity contribution in [2.75, 3.05) is 7.11 Å². The van der Waals surface area contributed by atoms with Gasteiger partial charge >= 0.3 is 5.97 Å². The molecule has 1 N–H and O–H groups in total.